The molecule has 0 atom stereocenters. The first kappa shape index (κ1) is 20.0. The Labute approximate surface area is 188 Å². The molecule has 7 nitrogen and oxygen atoms in total. The molecular weight excluding hydrogens is 424 g/mol. The molecule has 0 aliphatic carbocycles. The van der Waals surface area contributed by atoms with Crippen molar-refractivity contribution in [2.45, 2.75) is 6.61 Å². The van der Waals surface area contributed by atoms with Crippen molar-refractivity contribution in [1.82, 2.24) is 9.97 Å². The highest BCUT2D eigenvalue weighted by Gasteiger charge is 2.25. The summed E-state index contributed by atoms with van der Waals surface area (Å²) in [6.45, 7) is 5.00. The Morgan fingerprint density at radius 1 is 1.22 bits per heavy atom. The number of nitrogens with zero attached hydrogens (tertiary/aromatic N) is 3. The molecule has 0 saturated heterocycles. The number of thiophene rings is 1. The molecule has 3 heterocycles. The zero-order valence-electron chi connectivity index (χ0n) is 17.2. The highest BCUT2D eigenvalue weighted by atomic mass is 32.1. The van der Waals surface area contributed by atoms with Gasteiger partial charge < -0.3 is 19.7 Å². The number of anilines is 3. The number of aromatic nitrogens is 2. The highest BCUT2D eigenvalue weighted by Crippen LogP contribution is 2.41. The molecule has 1 aliphatic heterocycles. The van der Waals surface area contributed by atoms with Crippen LogP contribution in [0.4, 0.5) is 17.2 Å². The fourth-order valence-corrected chi connectivity index (χ4v) is 4.20. The molecule has 160 valence electrons. The zero-order chi connectivity index (χ0) is 21.9. The molecule has 0 spiro atoms. The second-order valence-corrected chi connectivity index (χ2v) is 8.12. The number of amides is 1. The third-order valence-corrected chi connectivity index (χ3v) is 5.96. The van der Waals surface area contributed by atoms with Crippen LogP contribution < -0.4 is 19.7 Å². The minimum Gasteiger partial charge on any atom is -0.489 e. The molecule has 4 aromatic rings. The van der Waals surface area contributed by atoms with Crippen LogP contribution in [0, 0.1) is 0 Å². The topological polar surface area (TPSA) is 76.6 Å². The smallest absolute Gasteiger partial charge is 0.250 e. The van der Waals surface area contributed by atoms with Crippen LogP contribution >= 0.6 is 11.3 Å². The monoisotopic (exact) mass is 444 g/mol. The van der Waals surface area contributed by atoms with Gasteiger partial charge in [0.2, 0.25) is 0 Å². The van der Waals surface area contributed by atoms with E-state index < -0.39 is 0 Å². The Kier molecular flexibility index (Phi) is 5.43. The predicted octanol–water partition coefficient (Wildman–Crippen LogP) is 4.93. The summed E-state index contributed by atoms with van der Waals surface area (Å²) in [5, 5.41) is 6.10. The van der Waals surface area contributed by atoms with Gasteiger partial charge in [-0.05, 0) is 53.9 Å². The third kappa shape index (κ3) is 3.88. The maximum absolute atomic E-state index is 12.3. The number of benzene rings is 2. The summed E-state index contributed by atoms with van der Waals surface area (Å²) in [5.74, 6) is 1.81. The minimum atomic E-state index is -0.168. The van der Waals surface area contributed by atoms with Gasteiger partial charge in [-0.15, -0.1) is 11.3 Å². The van der Waals surface area contributed by atoms with E-state index in [0.29, 0.717) is 37.0 Å². The Morgan fingerprint density at radius 2 is 2.09 bits per heavy atom. The van der Waals surface area contributed by atoms with Crippen molar-refractivity contribution in [3.8, 4) is 11.5 Å². The molecule has 1 aliphatic rings. The van der Waals surface area contributed by atoms with E-state index in [4.69, 9.17) is 9.47 Å². The van der Waals surface area contributed by atoms with Crippen molar-refractivity contribution in [3.05, 3.63) is 77.8 Å². The van der Waals surface area contributed by atoms with Crippen LogP contribution in [0.15, 0.2) is 72.9 Å². The van der Waals surface area contributed by atoms with Gasteiger partial charge >= 0.3 is 0 Å². The Morgan fingerprint density at radius 3 is 2.88 bits per heavy atom. The number of hydrogen-bond acceptors (Lipinski definition) is 7. The number of carbonyl (C=O) groups excluding carboxylic acids is 1. The molecular formula is C24H20N4O3S. The fourth-order valence-electron chi connectivity index (χ4n) is 3.58. The van der Waals surface area contributed by atoms with Gasteiger partial charge in [-0.25, -0.2) is 9.97 Å². The summed E-state index contributed by atoms with van der Waals surface area (Å²) < 4.78 is 11.8. The van der Waals surface area contributed by atoms with Crippen LogP contribution in [0.2, 0.25) is 0 Å². The molecule has 2 aromatic heterocycles. The fraction of sp³-hybridized carbons (Fsp3) is 0.125. The SMILES string of the molecule is C=CC(=O)N1CCOc2c1ccc1ncnc(Nc3ccc(OCc4cccs4)cc3)c21. The molecule has 1 N–H and O–H groups in total. The second kappa shape index (κ2) is 8.68. The molecule has 8 heteroatoms. The summed E-state index contributed by atoms with van der Waals surface area (Å²) in [6, 6.07) is 15.5. The van der Waals surface area contributed by atoms with Gasteiger partial charge in [-0.2, -0.15) is 0 Å². The number of fused-ring (bicyclic) bond motifs is 3. The summed E-state index contributed by atoms with van der Waals surface area (Å²) >= 11 is 1.67. The average Bonchev–Trinajstić information content (AvgIpc) is 3.36. The highest BCUT2D eigenvalue weighted by molar-refractivity contribution is 7.09. The molecule has 0 unspecified atom stereocenters. The number of carbonyl (C=O) groups is 1. The molecule has 0 fully saturated rings. The van der Waals surface area contributed by atoms with Crippen molar-refractivity contribution < 1.29 is 14.3 Å². The van der Waals surface area contributed by atoms with E-state index in [0.717, 1.165) is 22.3 Å². The van der Waals surface area contributed by atoms with Crippen molar-refractivity contribution >= 4 is 45.3 Å². The normalized spacial score (nSPS) is 12.7. The average molecular weight is 445 g/mol. The largest absolute Gasteiger partial charge is 0.489 e. The van der Waals surface area contributed by atoms with Crippen LogP contribution in [-0.4, -0.2) is 29.0 Å². The van der Waals surface area contributed by atoms with Gasteiger partial charge in [0.05, 0.1) is 23.1 Å². The van der Waals surface area contributed by atoms with E-state index in [9.17, 15) is 4.79 Å². The van der Waals surface area contributed by atoms with Crippen molar-refractivity contribution in [2.75, 3.05) is 23.4 Å². The quantitative estimate of drug-likeness (QED) is 0.425. The van der Waals surface area contributed by atoms with Crippen LogP contribution in [0.5, 0.6) is 11.5 Å². The van der Waals surface area contributed by atoms with E-state index in [1.54, 1.807) is 16.2 Å². The Hall–Kier alpha value is -3.91. The van der Waals surface area contributed by atoms with E-state index in [1.807, 2.05) is 53.9 Å². The first-order chi connectivity index (χ1) is 15.7. The van der Waals surface area contributed by atoms with Crippen molar-refractivity contribution in [2.24, 2.45) is 0 Å². The minimum absolute atomic E-state index is 0.168. The summed E-state index contributed by atoms with van der Waals surface area (Å²) in [4.78, 5) is 23.9. The third-order valence-electron chi connectivity index (χ3n) is 5.11. The summed E-state index contributed by atoms with van der Waals surface area (Å²) in [6.07, 6.45) is 2.81. The molecule has 0 bridgehead atoms. The second-order valence-electron chi connectivity index (χ2n) is 7.09. The van der Waals surface area contributed by atoms with Crippen LogP contribution in [-0.2, 0) is 11.4 Å². The van der Waals surface area contributed by atoms with Gasteiger partial charge in [-0.1, -0.05) is 12.6 Å². The molecule has 5 rings (SSSR count). The van der Waals surface area contributed by atoms with Gasteiger partial charge in [0.25, 0.3) is 5.91 Å². The Bertz CT molecular complexity index is 1270. The Balaban J connectivity index is 1.43. The van der Waals surface area contributed by atoms with Gasteiger partial charge in [0.1, 0.15) is 31.1 Å². The predicted molar refractivity (Wildman–Crippen MR) is 126 cm³/mol. The summed E-state index contributed by atoms with van der Waals surface area (Å²) in [5.41, 5.74) is 2.26. The molecule has 1 amide bonds. The first-order valence-corrected chi connectivity index (χ1v) is 11.0. The van der Waals surface area contributed by atoms with Crippen molar-refractivity contribution in [3.63, 3.8) is 0 Å². The lowest BCUT2D eigenvalue weighted by atomic mass is 10.1. The molecule has 2 aromatic carbocycles. The van der Waals surface area contributed by atoms with E-state index in [-0.39, 0.29) is 5.91 Å². The molecule has 32 heavy (non-hydrogen) atoms. The number of hydrogen-bond donors (Lipinski definition) is 1. The van der Waals surface area contributed by atoms with Gasteiger partial charge in [0.15, 0.2) is 5.75 Å². The van der Waals surface area contributed by atoms with Crippen LogP contribution in [0.25, 0.3) is 10.9 Å². The molecule has 0 saturated carbocycles. The lowest BCUT2D eigenvalue weighted by molar-refractivity contribution is -0.114. The van der Waals surface area contributed by atoms with Crippen LogP contribution in [0.1, 0.15) is 4.88 Å². The summed E-state index contributed by atoms with van der Waals surface area (Å²) in [7, 11) is 0. The lowest BCUT2D eigenvalue weighted by Gasteiger charge is -2.29. The number of nitrogens with one attached hydrogen (secondary N) is 1. The van der Waals surface area contributed by atoms with Gasteiger partial charge in [0, 0.05) is 10.6 Å². The van der Waals surface area contributed by atoms with E-state index >= 15 is 0 Å². The van der Waals surface area contributed by atoms with Crippen LogP contribution in [0.3, 0.4) is 0 Å². The van der Waals surface area contributed by atoms with E-state index in [2.05, 4.69) is 21.9 Å². The number of rotatable bonds is 6. The zero-order valence-corrected chi connectivity index (χ0v) is 18.0. The first-order valence-electron chi connectivity index (χ1n) is 10.1. The standard InChI is InChI=1S/C24H20N4O3S/c1-2-21(29)28-11-12-30-23-20(28)10-9-19-22(23)24(26-15-25-19)27-16-5-7-17(8-6-16)31-14-18-4-3-13-32-18/h2-10,13,15H,1,11-12,14H2,(H,25,26,27). The lowest BCUT2D eigenvalue weighted by Crippen LogP contribution is -2.36. The van der Waals surface area contributed by atoms with Gasteiger partial charge in [-0.3, -0.25) is 4.79 Å². The van der Waals surface area contributed by atoms with E-state index in [1.165, 1.54) is 17.3 Å². The van der Waals surface area contributed by atoms with Crippen molar-refractivity contribution in [1.29, 1.82) is 0 Å². The molecule has 0 radical (unpaired) electrons. The number of ether oxygens (including phenoxy) is 2. The maximum Gasteiger partial charge on any atom is 0.250 e. The maximum atomic E-state index is 12.3.